The summed E-state index contributed by atoms with van der Waals surface area (Å²) >= 11 is 6.15. The second-order valence-electron chi connectivity index (χ2n) is 6.71. The molecular formula is C21H21ClN2O. The molecule has 0 bridgehead atoms. The van der Waals surface area contributed by atoms with Crippen molar-refractivity contribution in [1.29, 1.82) is 0 Å². The fourth-order valence-corrected chi connectivity index (χ4v) is 3.92. The first-order valence-corrected chi connectivity index (χ1v) is 9.22. The average Bonchev–Trinajstić information content (AvgIpc) is 3.00. The first-order valence-electron chi connectivity index (χ1n) is 8.84. The highest BCUT2D eigenvalue weighted by molar-refractivity contribution is 6.31. The Labute approximate surface area is 152 Å². The zero-order valence-electron chi connectivity index (χ0n) is 14.0. The lowest BCUT2D eigenvalue weighted by Crippen LogP contribution is -2.31. The molecule has 2 N–H and O–H groups in total. The molecule has 1 aliphatic carbocycles. The van der Waals surface area contributed by atoms with Gasteiger partial charge in [-0.2, -0.15) is 0 Å². The number of fused-ring (bicyclic) bond motifs is 3. The molecule has 0 saturated heterocycles. The zero-order chi connectivity index (χ0) is 17.2. The topological polar surface area (TPSA) is 44.9 Å². The molecule has 4 rings (SSSR count). The van der Waals surface area contributed by atoms with Gasteiger partial charge in [-0.3, -0.25) is 4.79 Å². The van der Waals surface area contributed by atoms with Gasteiger partial charge >= 0.3 is 0 Å². The summed E-state index contributed by atoms with van der Waals surface area (Å²) in [5.74, 6) is 0.110. The fraction of sp³-hybridized carbons (Fsp3) is 0.286. The maximum Gasteiger partial charge on any atom is 0.220 e. The summed E-state index contributed by atoms with van der Waals surface area (Å²) in [6.07, 6.45) is 4.38. The molecule has 2 aromatic carbocycles. The summed E-state index contributed by atoms with van der Waals surface area (Å²) in [6, 6.07) is 16.1. The van der Waals surface area contributed by atoms with Crippen molar-refractivity contribution >= 4 is 28.4 Å². The number of aromatic nitrogens is 1. The third-order valence-corrected chi connectivity index (χ3v) is 5.22. The fourth-order valence-electron chi connectivity index (χ4n) is 3.75. The van der Waals surface area contributed by atoms with Crippen molar-refractivity contribution in [3.63, 3.8) is 0 Å². The number of hydrogen-bond donors (Lipinski definition) is 2. The lowest BCUT2D eigenvalue weighted by Gasteiger charge is -2.24. The van der Waals surface area contributed by atoms with Crippen LogP contribution in [0.15, 0.2) is 48.5 Å². The standard InChI is InChI=1S/C21H21ClN2O/c22-15-10-11-18-17(13-15)16-7-4-8-19(21(16)24-18)23-20(25)12-9-14-5-2-1-3-6-14/h1-3,5-6,10-11,13,19,24H,4,7-9,12H2,(H,23,25)/t19-/m1/s1. The number of carbonyl (C=O) groups is 1. The molecule has 0 fully saturated rings. The number of H-pyrrole nitrogens is 1. The molecule has 0 unspecified atom stereocenters. The molecule has 1 amide bonds. The number of aryl methyl sites for hydroxylation is 2. The van der Waals surface area contributed by atoms with Gasteiger partial charge < -0.3 is 10.3 Å². The van der Waals surface area contributed by atoms with E-state index in [0.29, 0.717) is 6.42 Å². The Hall–Kier alpha value is -2.26. The number of benzene rings is 2. The zero-order valence-corrected chi connectivity index (χ0v) is 14.8. The number of amides is 1. The van der Waals surface area contributed by atoms with Crippen LogP contribution in [0.25, 0.3) is 10.9 Å². The smallest absolute Gasteiger partial charge is 0.220 e. The molecule has 1 aromatic heterocycles. The Morgan fingerprint density at radius 3 is 2.88 bits per heavy atom. The first-order chi connectivity index (χ1) is 12.2. The van der Waals surface area contributed by atoms with E-state index in [1.807, 2.05) is 36.4 Å². The normalized spacial score (nSPS) is 16.6. The van der Waals surface area contributed by atoms with Gasteiger partial charge in [-0.1, -0.05) is 41.9 Å². The van der Waals surface area contributed by atoms with Crippen LogP contribution in [0.4, 0.5) is 0 Å². The molecule has 0 radical (unpaired) electrons. The van der Waals surface area contributed by atoms with E-state index in [9.17, 15) is 4.79 Å². The van der Waals surface area contributed by atoms with Crippen molar-refractivity contribution in [2.75, 3.05) is 0 Å². The molecular weight excluding hydrogens is 332 g/mol. The van der Waals surface area contributed by atoms with E-state index in [2.05, 4.69) is 22.4 Å². The van der Waals surface area contributed by atoms with E-state index in [-0.39, 0.29) is 11.9 Å². The second-order valence-corrected chi connectivity index (χ2v) is 7.14. The summed E-state index contributed by atoms with van der Waals surface area (Å²) in [6.45, 7) is 0. The Bertz CT molecular complexity index is 901. The molecule has 128 valence electrons. The van der Waals surface area contributed by atoms with Gasteiger partial charge in [0.2, 0.25) is 5.91 Å². The lowest BCUT2D eigenvalue weighted by atomic mass is 9.91. The van der Waals surface area contributed by atoms with Crippen molar-refractivity contribution in [1.82, 2.24) is 10.3 Å². The highest BCUT2D eigenvalue weighted by Gasteiger charge is 2.25. The van der Waals surface area contributed by atoms with Crippen LogP contribution >= 0.6 is 11.6 Å². The maximum atomic E-state index is 12.4. The molecule has 1 atom stereocenters. The van der Waals surface area contributed by atoms with Crippen LogP contribution in [0.5, 0.6) is 0 Å². The van der Waals surface area contributed by atoms with Crippen molar-refractivity contribution < 1.29 is 4.79 Å². The molecule has 1 aliphatic rings. The molecule has 25 heavy (non-hydrogen) atoms. The summed E-state index contributed by atoms with van der Waals surface area (Å²) in [4.78, 5) is 15.9. The minimum Gasteiger partial charge on any atom is -0.356 e. The van der Waals surface area contributed by atoms with Crippen molar-refractivity contribution in [3.05, 3.63) is 70.4 Å². The quantitative estimate of drug-likeness (QED) is 0.685. The summed E-state index contributed by atoms with van der Waals surface area (Å²) in [5, 5.41) is 5.16. The van der Waals surface area contributed by atoms with Crippen LogP contribution in [0.3, 0.4) is 0 Å². The largest absolute Gasteiger partial charge is 0.356 e. The molecule has 4 heteroatoms. The van der Waals surface area contributed by atoms with Crippen molar-refractivity contribution in [2.24, 2.45) is 0 Å². The molecule has 3 aromatic rings. The highest BCUT2D eigenvalue weighted by Crippen LogP contribution is 2.35. The molecule has 0 saturated carbocycles. The van der Waals surface area contributed by atoms with Crippen LogP contribution in [0, 0.1) is 0 Å². The Kier molecular flexibility index (Phi) is 4.50. The summed E-state index contributed by atoms with van der Waals surface area (Å²) in [5.41, 5.74) is 4.75. The number of rotatable bonds is 4. The van der Waals surface area contributed by atoms with E-state index in [1.54, 1.807) is 0 Å². The van der Waals surface area contributed by atoms with Gasteiger partial charge in [0, 0.05) is 28.0 Å². The van der Waals surface area contributed by atoms with Crippen molar-refractivity contribution in [2.45, 2.75) is 38.1 Å². The van der Waals surface area contributed by atoms with Crippen molar-refractivity contribution in [3.8, 4) is 0 Å². The Morgan fingerprint density at radius 1 is 1.20 bits per heavy atom. The maximum absolute atomic E-state index is 12.4. The average molecular weight is 353 g/mol. The van der Waals surface area contributed by atoms with Crippen LogP contribution in [-0.4, -0.2) is 10.9 Å². The van der Waals surface area contributed by atoms with Gasteiger partial charge in [-0.05, 0) is 55.0 Å². The lowest BCUT2D eigenvalue weighted by molar-refractivity contribution is -0.121. The number of halogens is 1. The summed E-state index contributed by atoms with van der Waals surface area (Å²) < 4.78 is 0. The third kappa shape index (κ3) is 3.42. The number of carbonyl (C=O) groups excluding carboxylic acids is 1. The van der Waals surface area contributed by atoms with Crippen LogP contribution in [-0.2, 0) is 17.6 Å². The number of aromatic amines is 1. The van der Waals surface area contributed by atoms with E-state index in [4.69, 9.17) is 11.6 Å². The van der Waals surface area contributed by atoms with Gasteiger partial charge in [0.25, 0.3) is 0 Å². The Morgan fingerprint density at radius 2 is 2.04 bits per heavy atom. The third-order valence-electron chi connectivity index (χ3n) is 4.99. The van der Waals surface area contributed by atoms with Gasteiger partial charge in [-0.25, -0.2) is 0 Å². The SMILES string of the molecule is O=C(CCc1ccccc1)N[C@@H]1CCCc2c1[nH]c1ccc(Cl)cc21. The van der Waals surface area contributed by atoms with E-state index in [1.165, 1.54) is 16.5 Å². The van der Waals surface area contributed by atoms with E-state index < -0.39 is 0 Å². The molecule has 0 aliphatic heterocycles. The number of nitrogens with one attached hydrogen (secondary N) is 2. The van der Waals surface area contributed by atoms with E-state index >= 15 is 0 Å². The first kappa shape index (κ1) is 16.2. The van der Waals surface area contributed by atoms with Crippen LogP contribution in [0.2, 0.25) is 5.02 Å². The van der Waals surface area contributed by atoms with E-state index in [0.717, 1.165) is 41.9 Å². The molecule has 3 nitrogen and oxygen atoms in total. The minimum absolute atomic E-state index is 0.0678. The molecule has 1 heterocycles. The van der Waals surface area contributed by atoms with Crippen LogP contribution in [0.1, 0.15) is 42.1 Å². The number of hydrogen-bond acceptors (Lipinski definition) is 1. The predicted octanol–water partition coefficient (Wildman–Crippen LogP) is 4.95. The monoisotopic (exact) mass is 352 g/mol. The van der Waals surface area contributed by atoms with Crippen LogP contribution < -0.4 is 5.32 Å². The highest BCUT2D eigenvalue weighted by atomic mass is 35.5. The Balaban J connectivity index is 1.49. The summed E-state index contributed by atoms with van der Waals surface area (Å²) in [7, 11) is 0. The van der Waals surface area contributed by atoms with Gasteiger partial charge in [0.1, 0.15) is 0 Å². The van der Waals surface area contributed by atoms with Gasteiger partial charge in [0.15, 0.2) is 0 Å². The molecule has 0 spiro atoms. The second kappa shape index (κ2) is 6.93. The van der Waals surface area contributed by atoms with Gasteiger partial charge in [-0.15, -0.1) is 0 Å². The van der Waals surface area contributed by atoms with Gasteiger partial charge in [0.05, 0.1) is 6.04 Å². The predicted molar refractivity (Wildman–Crippen MR) is 102 cm³/mol. The minimum atomic E-state index is 0.0678.